The number of halogens is 1. The molecular formula is C10H12ClO. The largest absolute Gasteiger partial charge is 0.392 e. The SMILES string of the molecule is [CH2]C(C)c1cccc(CO)c1Cl. The van der Waals surface area contributed by atoms with Gasteiger partial charge in [0.05, 0.1) is 6.61 Å². The molecule has 0 aliphatic rings. The van der Waals surface area contributed by atoms with Crippen LogP contribution in [-0.4, -0.2) is 5.11 Å². The predicted octanol–water partition coefficient (Wildman–Crippen LogP) is 2.77. The van der Waals surface area contributed by atoms with Crippen molar-refractivity contribution in [3.05, 3.63) is 41.3 Å². The van der Waals surface area contributed by atoms with Gasteiger partial charge in [-0.2, -0.15) is 0 Å². The molecule has 0 amide bonds. The van der Waals surface area contributed by atoms with Crippen LogP contribution in [0.5, 0.6) is 0 Å². The van der Waals surface area contributed by atoms with E-state index >= 15 is 0 Å². The van der Waals surface area contributed by atoms with Gasteiger partial charge in [-0.1, -0.05) is 36.7 Å². The van der Waals surface area contributed by atoms with Crippen LogP contribution in [0.3, 0.4) is 0 Å². The molecule has 1 radical (unpaired) electrons. The van der Waals surface area contributed by atoms with Gasteiger partial charge in [0.2, 0.25) is 0 Å². The van der Waals surface area contributed by atoms with Crippen LogP contribution < -0.4 is 0 Å². The van der Waals surface area contributed by atoms with E-state index in [-0.39, 0.29) is 12.5 Å². The Bertz CT molecular complexity index is 269. The van der Waals surface area contributed by atoms with E-state index in [1.54, 1.807) is 0 Å². The number of hydrogen-bond donors (Lipinski definition) is 1. The van der Waals surface area contributed by atoms with Crippen LogP contribution in [-0.2, 0) is 6.61 Å². The first kappa shape index (κ1) is 9.56. The number of hydrogen-bond acceptors (Lipinski definition) is 1. The maximum Gasteiger partial charge on any atom is 0.0696 e. The fourth-order valence-electron chi connectivity index (χ4n) is 1.10. The summed E-state index contributed by atoms with van der Waals surface area (Å²) in [5.74, 6) is 0.156. The Kier molecular flexibility index (Phi) is 3.12. The number of benzene rings is 1. The molecule has 0 aliphatic carbocycles. The molecular weight excluding hydrogens is 172 g/mol. The molecule has 1 aromatic rings. The third-order valence-electron chi connectivity index (χ3n) is 1.81. The van der Waals surface area contributed by atoms with Gasteiger partial charge in [-0.25, -0.2) is 0 Å². The molecule has 2 heteroatoms. The number of rotatable bonds is 2. The highest BCUT2D eigenvalue weighted by atomic mass is 35.5. The van der Waals surface area contributed by atoms with E-state index in [9.17, 15) is 0 Å². The molecule has 0 heterocycles. The van der Waals surface area contributed by atoms with Crippen LogP contribution >= 0.6 is 11.6 Å². The topological polar surface area (TPSA) is 20.2 Å². The molecule has 0 saturated heterocycles. The summed E-state index contributed by atoms with van der Waals surface area (Å²) in [6.07, 6.45) is 0. The van der Waals surface area contributed by atoms with Crippen molar-refractivity contribution >= 4 is 11.6 Å². The van der Waals surface area contributed by atoms with E-state index in [4.69, 9.17) is 16.7 Å². The molecule has 12 heavy (non-hydrogen) atoms. The van der Waals surface area contributed by atoms with Gasteiger partial charge in [0.15, 0.2) is 0 Å². The van der Waals surface area contributed by atoms with Crippen LogP contribution in [0.15, 0.2) is 18.2 Å². The van der Waals surface area contributed by atoms with Crippen molar-refractivity contribution < 1.29 is 5.11 Å². The maximum atomic E-state index is 8.92. The molecule has 0 spiro atoms. The molecule has 0 fully saturated rings. The number of aliphatic hydroxyl groups excluding tert-OH is 1. The summed E-state index contributed by atoms with van der Waals surface area (Å²) in [6, 6.07) is 5.63. The molecule has 1 rings (SSSR count). The Morgan fingerprint density at radius 3 is 2.75 bits per heavy atom. The smallest absolute Gasteiger partial charge is 0.0696 e. The van der Waals surface area contributed by atoms with Crippen LogP contribution in [0.25, 0.3) is 0 Å². The Morgan fingerprint density at radius 2 is 2.25 bits per heavy atom. The first-order valence-electron chi connectivity index (χ1n) is 3.88. The minimum absolute atomic E-state index is 0.0145. The van der Waals surface area contributed by atoms with Gasteiger partial charge in [0.1, 0.15) is 0 Å². The van der Waals surface area contributed by atoms with E-state index in [1.807, 2.05) is 25.1 Å². The minimum atomic E-state index is -0.0145. The third-order valence-corrected chi connectivity index (χ3v) is 2.27. The van der Waals surface area contributed by atoms with Crippen molar-refractivity contribution in [3.63, 3.8) is 0 Å². The monoisotopic (exact) mass is 183 g/mol. The molecule has 1 N–H and O–H groups in total. The molecule has 1 aromatic carbocycles. The Balaban J connectivity index is 3.14. The highest BCUT2D eigenvalue weighted by Crippen LogP contribution is 2.26. The quantitative estimate of drug-likeness (QED) is 0.748. The van der Waals surface area contributed by atoms with E-state index in [2.05, 4.69) is 6.92 Å². The van der Waals surface area contributed by atoms with E-state index in [0.29, 0.717) is 5.02 Å². The molecule has 0 saturated carbocycles. The van der Waals surface area contributed by atoms with Crippen molar-refractivity contribution in [1.82, 2.24) is 0 Å². The first-order valence-corrected chi connectivity index (χ1v) is 4.26. The second-order valence-corrected chi connectivity index (χ2v) is 3.26. The average molecular weight is 184 g/mol. The first-order chi connectivity index (χ1) is 5.66. The van der Waals surface area contributed by atoms with Gasteiger partial charge in [-0.15, -0.1) is 0 Å². The molecule has 65 valence electrons. The summed E-state index contributed by atoms with van der Waals surface area (Å²) in [5.41, 5.74) is 1.76. The highest BCUT2D eigenvalue weighted by Gasteiger charge is 2.07. The lowest BCUT2D eigenvalue weighted by Crippen LogP contribution is -1.93. The van der Waals surface area contributed by atoms with Gasteiger partial charge >= 0.3 is 0 Å². The zero-order valence-corrected chi connectivity index (χ0v) is 7.80. The van der Waals surface area contributed by atoms with Gasteiger partial charge in [0, 0.05) is 5.02 Å². The van der Waals surface area contributed by atoms with Crippen LogP contribution in [0.1, 0.15) is 24.0 Å². The molecule has 0 aliphatic heterocycles. The van der Waals surface area contributed by atoms with Gasteiger partial charge in [-0.05, 0) is 24.0 Å². The van der Waals surface area contributed by atoms with Crippen LogP contribution in [0.4, 0.5) is 0 Å². The van der Waals surface area contributed by atoms with Gasteiger partial charge in [-0.3, -0.25) is 0 Å². The van der Waals surface area contributed by atoms with Gasteiger partial charge in [0.25, 0.3) is 0 Å². The Labute approximate surface area is 78.0 Å². The van der Waals surface area contributed by atoms with Crippen molar-refractivity contribution in [2.24, 2.45) is 0 Å². The van der Waals surface area contributed by atoms with Crippen molar-refractivity contribution in [1.29, 1.82) is 0 Å². The Hall–Kier alpha value is -0.530. The molecule has 1 atom stereocenters. The minimum Gasteiger partial charge on any atom is -0.392 e. The Morgan fingerprint density at radius 1 is 1.58 bits per heavy atom. The summed E-state index contributed by atoms with van der Waals surface area (Å²) in [5, 5.41) is 9.56. The second-order valence-electron chi connectivity index (χ2n) is 2.88. The zero-order chi connectivity index (χ0) is 9.14. The zero-order valence-electron chi connectivity index (χ0n) is 7.05. The lowest BCUT2D eigenvalue weighted by molar-refractivity contribution is 0.282. The normalized spacial score (nSPS) is 10.8. The average Bonchev–Trinajstić information content (AvgIpc) is 2.04. The summed E-state index contributed by atoms with van der Waals surface area (Å²) in [4.78, 5) is 0. The number of aliphatic hydroxyl groups is 1. The summed E-state index contributed by atoms with van der Waals surface area (Å²) < 4.78 is 0. The van der Waals surface area contributed by atoms with E-state index in [0.717, 1.165) is 11.1 Å². The van der Waals surface area contributed by atoms with Crippen molar-refractivity contribution in [3.8, 4) is 0 Å². The van der Waals surface area contributed by atoms with Crippen LogP contribution in [0.2, 0.25) is 5.02 Å². The fourth-order valence-corrected chi connectivity index (χ4v) is 1.47. The molecule has 0 bridgehead atoms. The second kappa shape index (κ2) is 3.92. The van der Waals surface area contributed by atoms with E-state index in [1.165, 1.54) is 0 Å². The highest BCUT2D eigenvalue weighted by molar-refractivity contribution is 6.32. The van der Waals surface area contributed by atoms with Crippen molar-refractivity contribution in [2.45, 2.75) is 19.4 Å². The van der Waals surface area contributed by atoms with E-state index < -0.39 is 0 Å². The molecule has 0 aromatic heterocycles. The summed E-state index contributed by atoms with van der Waals surface area (Å²) >= 11 is 6.00. The lowest BCUT2D eigenvalue weighted by Gasteiger charge is -2.10. The lowest BCUT2D eigenvalue weighted by atomic mass is 10.0. The molecule has 1 unspecified atom stereocenters. The van der Waals surface area contributed by atoms with Gasteiger partial charge < -0.3 is 5.11 Å². The third kappa shape index (κ3) is 1.79. The van der Waals surface area contributed by atoms with Crippen LogP contribution in [0, 0.1) is 6.92 Å². The predicted molar refractivity (Wildman–Crippen MR) is 51.1 cm³/mol. The van der Waals surface area contributed by atoms with Crippen molar-refractivity contribution in [2.75, 3.05) is 0 Å². The summed E-state index contributed by atoms with van der Waals surface area (Å²) in [7, 11) is 0. The standard InChI is InChI=1S/C10H12ClO/c1-7(2)9-5-3-4-8(6-12)10(9)11/h3-5,7,12H,1,6H2,2H3. The summed E-state index contributed by atoms with van der Waals surface area (Å²) in [6.45, 7) is 5.84. The fraction of sp³-hybridized carbons (Fsp3) is 0.300. The maximum absolute atomic E-state index is 8.92. The molecule has 1 nitrogen and oxygen atoms in total.